The van der Waals surface area contributed by atoms with Gasteiger partial charge in [0.05, 0.1) is 12.6 Å². The van der Waals surface area contributed by atoms with Crippen molar-refractivity contribution in [3.8, 4) is 0 Å². The monoisotopic (exact) mass is 296 g/mol. The summed E-state index contributed by atoms with van der Waals surface area (Å²) in [5.74, 6) is 0. The molecule has 20 heavy (non-hydrogen) atoms. The first-order chi connectivity index (χ1) is 9.23. The van der Waals surface area contributed by atoms with E-state index in [-0.39, 0.29) is 23.4 Å². The predicted molar refractivity (Wildman–Crippen MR) is 85.4 cm³/mol. The minimum atomic E-state index is -0.220. The van der Waals surface area contributed by atoms with Crippen LogP contribution < -0.4 is 5.32 Å². The number of likely N-dealkylation sites (N-methyl/N-ethyl adjacent to an activating group) is 1. The van der Waals surface area contributed by atoms with Gasteiger partial charge in [-0.05, 0) is 31.2 Å². The number of amides is 2. The minimum Gasteiger partial charge on any atom is -0.394 e. The van der Waals surface area contributed by atoms with Crippen molar-refractivity contribution >= 4 is 23.5 Å². The normalized spacial score (nSPS) is 12.9. The van der Waals surface area contributed by atoms with Gasteiger partial charge < -0.3 is 15.3 Å². The number of urea groups is 1. The first-order valence-electron chi connectivity index (χ1n) is 6.66. The lowest BCUT2D eigenvalue weighted by Crippen LogP contribution is -2.40. The number of nitrogens with zero attached hydrogens (tertiary/aromatic N) is 1. The number of carbonyl (C=O) groups is 1. The van der Waals surface area contributed by atoms with Crippen LogP contribution in [0.15, 0.2) is 29.2 Å². The van der Waals surface area contributed by atoms with Crippen LogP contribution in [0.5, 0.6) is 0 Å². The van der Waals surface area contributed by atoms with Crippen molar-refractivity contribution in [1.29, 1.82) is 0 Å². The van der Waals surface area contributed by atoms with E-state index in [0.717, 1.165) is 5.69 Å². The highest BCUT2D eigenvalue weighted by molar-refractivity contribution is 8.00. The van der Waals surface area contributed by atoms with Crippen LogP contribution in [0.1, 0.15) is 27.7 Å². The molecule has 0 aliphatic heterocycles. The average molecular weight is 296 g/mol. The molecule has 4 nitrogen and oxygen atoms in total. The van der Waals surface area contributed by atoms with E-state index in [0.29, 0.717) is 0 Å². The van der Waals surface area contributed by atoms with E-state index in [4.69, 9.17) is 5.11 Å². The van der Waals surface area contributed by atoms with E-state index in [1.165, 1.54) is 9.80 Å². The highest BCUT2D eigenvalue weighted by Crippen LogP contribution is 2.32. The van der Waals surface area contributed by atoms with Crippen molar-refractivity contribution in [3.05, 3.63) is 24.3 Å². The Kier molecular flexibility index (Phi) is 5.89. The number of carbonyl (C=O) groups excluding carboxylic acids is 1. The van der Waals surface area contributed by atoms with Crippen LogP contribution in [0.3, 0.4) is 0 Å². The molecule has 0 aromatic heterocycles. The largest absolute Gasteiger partial charge is 0.394 e. The molecule has 2 N–H and O–H groups in total. The van der Waals surface area contributed by atoms with Gasteiger partial charge in [0, 0.05) is 22.4 Å². The molecule has 1 aromatic carbocycles. The van der Waals surface area contributed by atoms with Crippen LogP contribution in [-0.4, -0.2) is 40.5 Å². The summed E-state index contributed by atoms with van der Waals surface area (Å²) < 4.78 is 0.168. The molecule has 112 valence electrons. The Labute approximate surface area is 125 Å². The third-order valence-corrected chi connectivity index (χ3v) is 3.90. The Morgan fingerprint density at radius 1 is 1.35 bits per heavy atom. The van der Waals surface area contributed by atoms with E-state index in [2.05, 4.69) is 26.1 Å². The number of thioether (sulfide) groups is 1. The van der Waals surface area contributed by atoms with Crippen LogP contribution in [0.2, 0.25) is 0 Å². The fraction of sp³-hybridized carbons (Fsp3) is 0.533. The van der Waals surface area contributed by atoms with Gasteiger partial charge in [-0.3, -0.25) is 0 Å². The molecule has 2 amide bonds. The predicted octanol–water partition coefficient (Wildman–Crippen LogP) is 3.42. The molecule has 0 aliphatic carbocycles. The zero-order chi connectivity index (χ0) is 15.3. The third-order valence-electron chi connectivity index (χ3n) is 2.78. The molecule has 0 aliphatic rings. The van der Waals surface area contributed by atoms with Crippen molar-refractivity contribution < 1.29 is 9.90 Å². The van der Waals surface area contributed by atoms with Gasteiger partial charge in [0.15, 0.2) is 0 Å². The molecule has 0 saturated carbocycles. The van der Waals surface area contributed by atoms with Gasteiger partial charge in [0.2, 0.25) is 0 Å². The van der Waals surface area contributed by atoms with E-state index in [9.17, 15) is 4.79 Å². The summed E-state index contributed by atoms with van der Waals surface area (Å²) in [7, 11) is 1.67. The Balaban J connectivity index is 2.64. The van der Waals surface area contributed by atoms with Gasteiger partial charge in [-0.25, -0.2) is 4.79 Å². The summed E-state index contributed by atoms with van der Waals surface area (Å²) in [6, 6.07) is 7.36. The molecule has 0 bridgehead atoms. The molecule has 0 saturated heterocycles. The number of benzene rings is 1. The Bertz CT molecular complexity index is 440. The first-order valence-corrected chi connectivity index (χ1v) is 7.48. The van der Waals surface area contributed by atoms with Gasteiger partial charge in [-0.2, -0.15) is 0 Å². The highest BCUT2D eigenvalue weighted by Gasteiger charge is 2.15. The zero-order valence-electron chi connectivity index (χ0n) is 12.8. The number of rotatable bonds is 4. The SMILES string of the molecule is CC(CO)N(C)C(=O)Nc1ccc(SC(C)(C)C)cc1. The number of nitrogens with one attached hydrogen (secondary N) is 1. The Hall–Kier alpha value is -1.20. The van der Waals surface area contributed by atoms with Gasteiger partial charge in [-0.1, -0.05) is 20.8 Å². The molecule has 1 rings (SSSR count). The summed E-state index contributed by atoms with van der Waals surface area (Å²) in [5.41, 5.74) is 0.755. The number of hydrogen-bond acceptors (Lipinski definition) is 3. The average Bonchev–Trinajstić information content (AvgIpc) is 2.37. The number of hydrogen-bond donors (Lipinski definition) is 2. The van der Waals surface area contributed by atoms with Crippen molar-refractivity contribution in [2.45, 2.75) is 43.4 Å². The summed E-state index contributed by atoms with van der Waals surface area (Å²) in [6.45, 7) is 8.24. The second kappa shape index (κ2) is 6.99. The maximum absolute atomic E-state index is 11.9. The van der Waals surface area contributed by atoms with E-state index in [1.54, 1.807) is 25.7 Å². The molecule has 0 fully saturated rings. The lowest BCUT2D eigenvalue weighted by molar-refractivity contribution is 0.166. The molecule has 1 unspecified atom stereocenters. The van der Waals surface area contributed by atoms with Crippen LogP contribution in [0, 0.1) is 0 Å². The van der Waals surface area contributed by atoms with Crippen molar-refractivity contribution in [3.63, 3.8) is 0 Å². The zero-order valence-corrected chi connectivity index (χ0v) is 13.6. The second-order valence-corrected chi connectivity index (χ2v) is 7.71. The standard InChI is InChI=1S/C15H24N2O2S/c1-11(10-18)17(5)14(19)16-12-6-8-13(9-7-12)20-15(2,3)4/h6-9,11,18H,10H2,1-5H3,(H,16,19). The van der Waals surface area contributed by atoms with E-state index in [1.807, 2.05) is 24.3 Å². The molecule has 0 radical (unpaired) electrons. The van der Waals surface area contributed by atoms with Gasteiger partial charge in [0.1, 0.15) is 0 Å². The second-order valence-electron chi connectivity index (χ2n) is 5.81. The number of anilines is 1. The maximum atomic E-state index is 11.9. The Morgan fingerprint density at radius 2 is 1.90 bits per heavy atom. The summed E-state index contributed by atoms with van der Waals surface area (Å²) in [4.78, 5) is 14.6. The molecule has 1 aromatic rings. The molecule has 0 spiro atoms. The quantitative estimate of drug-likeness (QED) is 0.837. The number of aliphatic hydroxyl groups excluding tert-OH is 1. The van der Waals surface area contributed by atoms with Gasteiger partial charge >= 0.3 is 6.03 Å². The number of aliphatic hydroxyl groups is 1. The third kappa shape index (κ3) is 5.43. The van der Waals surface area contributed by atoms with Crippen LogP contribution in [0.4, 0.5) is 10.5 Å². The minimum absolute atomic E-state index is 0.0505. The topological polar surface area (TPSA) is 52.6 Å². The summed E-state index contributed by atoms with van der Waals surface area (Å²) in [5, 5.41) is 11.9. The lowest BCUT2D eigenvalue weighted by Gasteiger charge is -2.23. The molecule has 5 heteroatoms. The van der Waals surface area contributed by atoms with Gasteiger partial charge in [0.25, 0.3) is 0 Å². The smallest absolute Gasteiger partial charge is 0.321 e. The maximum Gasteiger partial charge on any atom is 0.321 e. The van der Waals surface area contributed by atoms with Crippen LogP contribution >= 0.6 is 11.8 Å². The van der Waals surface area contributed by atoms with Crippen molar-refractivity contribution in [1.82, 2.24) is 4.90 Å². The Morgan fingerprint density at radius 3 is 2.35 bits per heavy atom. The molecule has 1 atom stereocenters. The van der Waals surface area contributed by atoms with Crippen LogP contribution in [0.25, 0.3) is 0 Å². The fourth-order valence-electron chi connectivity index (χ4n) is 1.49. The fourth-order valence-corrected chi connectivity index (χ4v) is 2.47. The molecule has 0 heterocycles. The molecular formula is C15H24N2O2S. The first kappa shape index (κ1) is 16.9. The van der Waals surface area contributed by atoms with Crippen molar-refractivity contribution in [2.24, 2.45) is 0 Å². The highest BCUT2D eigenvalue weighted by atomic mass is 32.2. The van der Waals surface area contributed by atoms with Crippen LogP contribution in [-0.2, 0) is 0 Å². The molecular weight excluding hydrogens is 272 g/mol. The lowest BCUT2D eigenvalue weighted by atomic mass is 10.3. The van der Waals surface area contributed by atoms with Gasteiger partial charge in [-0.15, -0.1) is 11.8 Å². The summed E-state index contributed by atoms with van der Waals surface area (Å²) in [6.07, 6.45) is 0. The van der Waals surface area contributed by atoms with E-state index >= 15 is 0 Å². The van der Waals surface area contributed by atoms with E-state index < -0.39 is 0 Å². The van der Waals surface area contributed by atoms with Crippen molar-refractivity contribution in [2.75, 3.05) is 19.0 Å². The summed E-state index contributed by atoms with van der Waals surface area (Å²) >= 11 is 1.79.